The molecule has 3 aromatic carbocycles. The van der Waals surface area contributed by atoms with Gasteiger partial charge in [-0.15, -0.1) is 0 Å². The van der Waals surface area contributed by atoms with Gasteiger partial charge in [0.05, 0.1) is 29.8 Å². The maximum atomic E-state index is 13.3. The maximum Gasteiger partial charge on any atom is 0.423 e. The lowest BCUT2D eigenvalue weighted by atomic mass is 10.1. The fourth-order valence-electron chi connectivity index (χ4n) is 3.73. The number of hydrogen-bond acceptors (Lipinski definition) is 7. The number of nitrogens with zero attached hydrogens (tertiary/aromatic N) is 1. The van der Waals surface area contributed by atoms with Crippen LogP contribution in [0.4, 0.5) is 24.5 Å². The molecule has 0 aliphatic heterocycles. The van der Waals surface area contributed by atoms with Crippen LogP contribution in [0.15, 0.2) is 72.8 Å². The second kappa shape index (κ2) is 13.2. The molecule has 3 N–H and O–H groups in total. The third kappa shape index (κ3) is 8.11. The number of nitro benzene ring substituents is 1. The van der Waals surface area contributed by atoms with Gasteiger partial charge >= 0.3 is 12.1 Å². The first-order valence-corrected chi connectivity index (χ1v) is 11.9. The Morgan fingerprint density at radius 2 is 1.61 bits per heavy atom. The van der Waals surface area contributed by atoms with E-state index in [2.05, 4.69) is 16.0 Å². The first-order chi connectivity index (χ1) is 19.4. The van der Waals surface area contributed by atoms with Gasteiger partial charge in [-0.2, -0.15) is 13.2 Å². The number of hydrogen-bond donors (Lipinski definition) is 3. The van der Waals surface area contributed by atoms with Crippen molar-refractivity contribution >= 4 is 35.1 Å². The van der Waals surface area contributed by atoms with E-state index in [1.807, 2.05) is 0 Å². The molecule has 0 bridgehead atoms. The molecule has 0 heterocycles. The van der Waals surface area contributed by atoms with Crippen molar-refractivity contribution < 1.29 is 42.0 Å². The van der Waals surface area contributed by atoms with Crippen molar-refractivity contribution in [3.05, 3.63) is 105 Å². The van der Waals surface area contributed by atoms with Crippen molar-refractivity contribution in [1.29, 1.82) is 0 Å². The summed E-state index contributed by atoms with van der Waals surface area (Å²) in [5.74, 6) is -3.28. The highest BCUT2D eigenvalue weighted by Crippen LogP contribution is 2.36. The zero-order valence-corrected chi connectivity index (χ0v) is 21.4. The molecule has 0 aromatic heterocycles. The first kappa shape index (κ1) is 30.3. The summed E-state index contributed by atoms with van der Waals surface area (Å²) in [6.07, 6.45) is -4.95. The number of benzene rings is 3. The number of ether oxygens (including phenoxy) is 1. The van der Waals surface area contributed by atoms with Gasteiger partial charge in [0.2, 0.25) is 5.91 Å². The zero-order chi connectivity index (χ0) is 30.2. The smallest absolute Gasteiger partial charge is 0.423 e. The van der Waals surface area contributed by atoms with E-state index in [4.69, 9.17) is 4.74 Å². The van der Waals surface area contributed by atoms with Gasteiger partial charge in [-0.25, -0.2) is 4.79 Å². The average Bonchev–Trinajstić information content (AvgIpc) is 2.95. The number of nitrogens with one attached hydrogen (secondary N) is 3. The number of carbonyl (C=O) groups excluding carboxylic acids is 4. The molecule has 3 amide bonds. The summed E-state index contributed by atoms with van der Waals surface area (Å²) in [5, 5.41) is 18.1. The van der Waals surface area contributed by atoms with Crippen LogP contribution in [0, 0.1) is 10.1 Å². The van der Waals surface area contributed by atoms with E-state index >= 15 is 0 Å². The number of methoxy groups -OCH3 is 1. The summed E-state index contributed by atoms with van der Waals surface area (Å²) >= 11 is 0. The third-order valence-electron chi connectivity index (χ3n) is 5.69. The van der Waals surface area contributed by atoms with E-state index in [0.29, 0.717) is 12.1 Å². The van der Waals surface area contributed by atoms with Crippen LogP contribution in [0.2, 0.25) is 0 Å². The highest BCUT2D eigenvalue weighted by molar-refractivity contribution is 6.09. The molecule has 0 fully saturated rings. The Morgan fingerprint density at radius 1 is 0.951 bits per heavy atom. The molecular formula is C27H23F3N4O7. The van der Waals surface area contributed by atoms with Gasteiger partial charge in [-0.1, -0.05) is 42.5 Å². The van der Waals surface area contributed by atoms with Crippen LogP contribution in [0.25, 0.3) is 0 Å². The summed E-state index contributed by atoms with van der Waals surface area (Å²) in [6, 6.07) is 15.1. The van der Waals surface area contributed by atoms with E-state index in [1.165, 1.54) is 31.4 Å². The fourth-order valence-corrected chi connectivity index (χ4v) is 3.73. The number of rotatable bonds is 10. The molecule has 11 nitrogen and oxygen atoms in total. The predicted molar refractivity (Wildman–Crippen MR) is 139 cm³/mol. The Labute approximate surface area is 230 Å². The summed E-state index contributed by atoms with van der Waals surface area (Å²) in [7, 11) is 1.17. The maximum absolute atomic E-state index is 13.3. The normalized spacial score (nSPS) is 11.6. The van der Waals surface area contributed by atoms with Crippen molar-refractivity contribution in [2.45, 2.75) is 18.6 Å². The molecule has 214 valence electrons. The average molecular weight is 572 g/mol. The zero-order valence-electron chi connectivity index (χ0n) is 21.4. The van der Waals surface area contributed by atoms with Crippen LogP contribution in [0.3, 0.4) is 0 Å². The topological polar surface area (TPSA) is 157 Å². The number of nitro groups is 1. The van der Waals surface area contributed by atoms with E-state index in [0.717, 1.165) is 11.6 Å². The summed E-state index contributed by atoms with van der Waals surface area (Å²) in [6.45, 7) is -0.555. The van der Waals surface area contributed by atoms with Gasteiger partial charge in [0, 0.05) is 18.1 Å². The van der Waals surface area contributed by atoms with Crippen LogP contribution < -0.4 is 16.0 Å². The van der Waals surface area contributed by atoms with Crippen LogP contribution in [-0.2, 0) is 26.9 Å². The predicted octanol–water partition coefficient (Wildman–Crippen LogP) is 3.50. The second-order valence-corrected chi connectivity index (χ2v) is 8.50. The Bertz CT molecular complexity index is 1460. The number of para-hydroxylation sites is 1. The standard InChI is InChI=1S/C27H23F3N4O7/c1-41-26(38)21(13-16-7-3-2-4-8-16)32-23(35)15-31-25(37)18-9-5-6-10-20(18)33-24(36)17-11-12-22(34(39)40)19(14-17)27(28,29)30/h2-12,14,21H,13,15H2,1H3,(H,31,37)(H,32,35)(H,33,36). The molecule has 0 aliphatic rings. The number of alkyl halides is 3. The van der Waals surface area contributed by atoms with Crippen molar-refractivity contribution in [3.8, 4) is 0 Å². The van der Waals surface area contributed by atoms with Crippen LogP contribution in [0.5, 0.6) is 0 Å². The van der Waals surface area contributed by atoms with Crippen LogP contribution in [0.1, 0.15) is 31.8 Å². The van der Waals surface area contributed by atoms with Gasteiger partial charge in [-0.3, -0.25) is 24.5 Å². The molecule has 0 aliphatic carbocycles. The lowest BCUT2D eigenvalue weighted by molar-refractivity contribution is -0.388. The molecule has 0 saturated carbocycles. The molecule has 3 aromatic rings. The van der Waals surface area contributed by atoms with E-state index in [-0.39, 0.29) is 17.7 Å². The number of anilines is 1. The third-order valence-corrected chi connectivity index (χ3v) is 5.69. The molecule has 0 spiro atoms. The van der Waals surface area contributed by atoms with Gasteiger partial charge < -0.3 is 20.7 Å². The van der Waals surface area contributed by atoms with Crippen molar-refractivity contribution in [1.82, 2.24) is 10.6 Å². The first-order valence-electron chi connectivity index (χ1n) is 11.9. The summed E-state index contributed by atoms with van der Waals surface area (Å²) in [4.78, 5) is 59.9. The minimum atomic E-state index is -5.09. The van der Waals surface area contributed by atoms with Gasteiger partial charge in [-0.05, 0) is 29.8 Å². The Balaban J connectivity index is 1.69. The Kier molecular flexibility index (Phi) is 9.74. The van der Waals surface area contributed by atoms with E-state index < -0.39 is 64.2 Å². The molecule has 1 unspecified atom stereocenters. The van der Waals surface area contributed by atoms with Gasteiger partial charge in [0.1, 0.15) is 11.6 Å². The number of esters is 1. The number of carbonyl (C=O) groups is 4. The molecule has 41 heavy (non-hydrogen) atoms. The van der Waals surface area contributed by atoms with Crippen molar-refractivity contribution in [3.63, 3.8) is 0 Å². The Hall–Kier alpha value is -5.27. The van der Waals surface area contributed by atoms with E-state index in [9.17, 15) is 42.5 Å². The summed E-state index contributed by atoms with van der Waals surface area (Å²) < 4.78 is 44.6. The quantitative estimate of drug-likeness (QED) is 0.191. The monoisotopic (exact) mass is 572 g/mol. The molecule has 14 heteroatoms. The van der Waals surface area contributed by atoms with Crippen molar-refractivity contribution in [2.75, 3.05) is 19.0 Å². The minimum absolute atomic E-state index is 0.0983. The lowest BCUT2D eigenvalue weighted by Crippen LogP contribution is -2.47. The summed E-state index contributed by atoms with van der Waals surface area (Å²) in [5.41, 5.74) is -2.83. The molecular weight excluding hydrogens is 549 g/mol. The number of amides is 3. The molecule has 0 saturated heterocycles. The highest BCUT2D eigenvalue weighted by Gasteiger charge is 2.39. The lowest BCUT2D eigenvalue weighted by Gasteiger charge is -2.17. The highest BCUT2D eigenvalue weighted by atomic mass is 19.4. The van der Waals surface area contributed by atoms with Gasteiger partial charge in [0.25, 0.3) is 17.5 Å². The molecule has 1 atom stereocenters. The van der Waals surface area contributed by atoms with E-state index in [1.54, 1.807) is 30.3 Å². The second-order valence-electron chi connectivity index (χ2n) is 8.50. The van der Waals surface area contributed by atoms with Crippen LogP contribution in [-0.4, -0.2) is 48.3 Å². The fraction of sp³-hybridized carbons (Fsp3) is 0.185. The number of halogens is 3. The SMILES string of the molecule is COC(=O)C(Cc1ccccc1)NC(=O)CNC(=O)c1ccccc1NC(=O)c1ccc([N+](=O)[O-])c(C(F)(F)F)c1. The van der Waals surface area contributed by atoms with Crippen molar-refractivity contribution in [2.24, 2.45) is 0 Å². The Morgan fingerprint density at radius 3 is 2.24 bits per heavy atom. The van der Waals surface area contributed by atoms with Crippen LogP contribution >= 0.6 is 0 Å². The molecule has 0 radical (unpaired) electrons. The largest absolute Gasteiger partial charge is 0.467 e. The minimum Gasteiger partial charge on any atom is -0.467 e. The molecule has 3 rings (SSSR count). The van der Waals surface area contributed by atoms with Gasteiger partial charge in [0.15, 0.2) is 0 Å².